The van der Waals surface area contributed by atoms with Crippen molar-refractivity contribution in [3.8, 4) is 0 Å². The lowest BCUT2D eigenvalue weighted by atomic mass is 9.73. The Bertz CT molecular complexity index is 839. The molecule has 1 aromatic carbocycles. The van der Waals surface area contributed by atoms with E-state index in [4.69, 9.17) is 0 Å². The number of benzene rings is 1. The molecule has 3 rings (SSSR count). The average Bonchev–Trinajstić information content (AvgIpc) is 3.15. The number of hydrogen-bond donors (Lipinski definition) is 2. The van der Waals surface area contributed by atoms with Crippen molar-refractivity contribution in [3.05, 3.63) is 57.8 Å². The average molecular weight is 386 g/mol. The molecule has 1 fully saturated rings. The van der Waals surface area contributed by atoms with E-state index in [1.165, 1.54) is 18.3 Å². The van der Waals surface area contributed by atoms with Crippen molar-refractivity contribution >= 4 is 29.1 Å². The molecule has 2 aromatic rings. The number of thiophene rings is 1. The molecule has 0 radical (unpaired) electrons. The van der Waals surface area contributed by atoms with Crippen LogP contribution in [0.1, 0.15) is 39.9 Å². The minimum atomic E-state index is -0.940. The number of carbonyl (C=O) groups excluding carboxylic acids is 2. The Kier molecular flexibility index (Phi) is 5.60. The molecule has 0 spiro atoms. The van der Waals surface area contributed by atoms with Crippen LogP contribution in [0.15, 0.2) is 42.5 Å². The number of piperidine rings is 1. The normalized spacial score (nSPS) is 16.0. The number of carbonyl (C=O) groups is 3. The standard InChI is InChI=1S/C20H22N2O4S/c1-14(23)21-13-16-7-8-17(27-16)18(24)22-11-9-20(10-12-22,19(25)26)15-5-3-2-4-6-15/h2-8H,9-13H2,1H3,(H,21,23)(H,25,26). The van der Waals surface area contributed by atoms with Crippen molar-refractivity contribution in [2.45, 2.75) is 31.7 Å². The first-order valence-corrected chi connectivity index (χ1v) is 9.65. The van der Waals surface area contributed by atoms with Gasteiger partial charge in [0.1, 0.15) is 0 Å². The van der Waals surface area contributed by atoms with Crippen molar-refractivity contribution in [3.63, 3.8) is 0 Å². The smallest absolute Gasteiger partial charge is 0.314 e. The Morgan fingerprint density at radius 2 is 1.78 bits per heavy atom. The summed E-state index contributed by atoms with van der Waals surface area (Å²) in [6, 6.07) is 12.9. The number of carboxylic acid groups (broad SMARTS) is 1. The van der Waals surface area contributed by atoms with Crippen LogP contribution in [-0.2, 0) is 21.5 Å². The highest BCUT2D eigenvalue weighted by molar-refractivity contribution is 7.14. The van der Waals surface area contributed by atoms with E-state index in [-0.39, 0.29) is 11.8 Å². The van der Waals surface area contributed by atoms with Gasteiger partial charge in [0, 0.05) is 24.9 Å². The van der Waals surface area contributed by atoms with Crippen molar-refractivity contribution < 1.29 is 19.5 Å². The van der Waals surface area contributed by atoms with Crippen molar-refractivity contribution in [1.82, 2.24) is 10.2 Å². The highest BCUT2D eigenvalue weighted by Gasteiger charge is 2.44. The molecule has 0 aliphatic carbocycles. The summed E-state index contributed by atoms with van der Waals surface area (Å²) in [4.78, 5) is 39.0. The number of carboxylic acids is 1. The first kappa shape index (κ1) is 19.1. The summed E-state index contributed by atoms with van der Waals surface area (Å²) in [6.07, 6.45) is 0.782. The Balaban J connectivity index is 1.68. The summed E-state index contributed by atoms with van der Waals surface area (Å²) in [5.41, 5.74) is -0.150. The second kappa shape index (κ2) is 7.92. The largest absolute Gasteiger partial charge is 0.481 e. The minimum Gasteiger partial charge on any atom is -0.481 e. The first-order valence-electron chi connectivity index (χ1n) is 8.84. The molecule has 2 N–H and O–H groups in total. The SMILES string of the molecule is CC(=O)NCc1ccc(C(=O)N2CCC(C(=O)O)(c3ccccc3)CC2)s1. The van der Waals surface area contributed by atoms with E-state index in [2.05, 4.69) is 5.32 Å². The summed E-state index contributed by atoms with van der Waals surface area (Å²) in [5.74, 6) is -1.03. The molecule has 1 aliphatic heterocycles. The molecule has 0 bridgehead atoms. The number of aliphatic carboxylic acids is 1. The predicted octanol–water partition coefficient (Wildman–Crippen LogP) is 2.64. The van der Waals surface area contributed by atoms with E-state index in [0.717, 1.165) is 10.4 Å². The zero-order valence-corrected chi connectivity index (χ0v) is 15.9. The highest BCUT2D eigenvalue weighted by atomic mass is 32.1. The van der Waals surface area contributed by atoms with Crippen LogP contribution in [0.3, 0.4) is 0 Å². The van der Waals surface area contributed by atoms with Gasteiger partial charge < -0.3 is 15.3 Å². The summed E-state index contributed by atoms with van der Waals surface area (Å²) in [6.45, 7) is 2.66. The maximum Gasteiger partial charge on any atom is 0.314 e. The number of rotatable bonds is 5. The zero-order chi connectivity index (χ0) is 19.4. The van der Waals surface area contributed by atoms with Crippen LogP contribution in [0.4, 0.5) is 0 Å². The van der Waals surface area contributed by atoms with Crippen molar-refractivity contribution in [2.75, 3.05) is 13.1 Å². The molecule has 1 saturated heterocycles. The van der Waals surface area contributed by atoms with E-state index in [0.29, 0.717) is 37.4 Å². The van der Waals surface area contributed by atoms with Gasteiger partial charge in [-0.05, 0) is 30.5 Å². The molecule has 6 nitrogen and oxygen atoms in total. The van der Waals surface area contributed by atoms with E-state index in [1.807, 2.05) is 36.4 Å². The third kappa shape index (κ3) is 4.03. The Morgan fingerprint density at radius 1 is 1.11 bits per heavy atom. The summed E-state index contributed by atoms with van der Waals surface area (Å²) < 4.78 is 0. The molecular formula is C20H22N2O4S. The number of hydrogen-bond acceptors (Lipinski definition) is 4. The van der Waals surface area contributed by atoms with Gasteiger partial charge >= 0.3 is 5.97 Å². The molecule has 0 unspecified atom stereocenters. The molecule has 7 heteroatoms. The summed E-state index contributed by atoms with van der Waals surface area (Å²) in [7, 11) is 0. The molecule has 142 valence electrons. The van der Waals surface area contributed by atoms with Gasteiger partial charge in [0.05, 0.1) is 16.8 Å². The van der Waals surface area contributed by atoms with Crippen LogP contribution < -0.4 is 5.32 Å². The van der Waals surface area contributed by atoms with Crippen LogP contribution >= 0.6 is 11.3 Å². The van der Waals surface area contributed by atoms with Crippen molar-refractivity contribution in [2.24, 2.45) is 0 Å². The van der Waals surface area contributed by atoms with Crippen LogP contribution in [0.25, 0.3) is 0 Å². The van der Waals surface area contributed by atoms with Crippen LogP contribution in [-0.4, -0.2) is 40.9 Å². The summed E-state index contributed by atoms with van der Waals surface area (Å²) >= 11 is 1.36. The van der Waals surface area contributed by atoms with Crippen LogP contribution in [0.2, 0.25) is 0 Å². The van der Waals surface area contributed by atoms with Crippen molar-refractivity contribution in [1.29, 1.82) is 0 Å². The second-order valence-corrected chi connectivity index (χ2v) is 7.89. The Labute approximate surface area is 161 Å². The number of nitrogens with one attached hydrogen (secondary N) is 1. The number of likely N-dealkylation sites (tertiary alicyclic amines) is 1. The van der Waals surface area contributed by atoms with E-state index in [1.54, 1.807) is 11.0 Å². The van der Waals surface area contributed by atoms with Gasteiger partial charge in [0.25, 0.3) is 5.91 Å². The molecule has 27 heavy (non-hydrogen) atoms. The quantitative estimate of drug-likeness (QED) is 0.827. The Morgan fingerprint density at radius 3 is 2.37 bits per heavy atom. The fourth-order valence-electron chi connectivity index (χ4n) is 3.43. The third-order valence-electron chi connectivity index (χ3n) is 5.02. The molecule has 1 aromatic heterocycles. The number of amides is 2. The Hall–Kier alpha value is -2.67. The molecular weight excluding hydrogens is 364 g/mol. The monoisotopic (exact) mass is 386 g/mol. The predicted molar refractivity (Wildman–Crippen MR) is 103 cm³/mol. The molecule has 1 aliphatic rings. The van der Waals surface area contributed by atoms with Gasteiger partial charge in [-0.25, -0.2) is 0 Å². The van der Waals surface area contributed by atoms with E-state index >= 15 is 0 Å². The van der Waals surface area contributed by atoms with Crippen LogP contribution in [0, 0.1) is 0 Å². The molecule has 2 heterocycles. The maximum atomic E-state index is 12.8. The first-order chi connectivity index (χ1) is 12.9. The lowest BCUT2D eigenvalue weighted by Crippen LogP contribution is -2.49. The van der Waals surface area contributed by atoms with Gasteiger partial charge in [0.15, 0.2) is 0 Å². The molecule has 0 saturated carbocycles. The minimum absolute atomic E-state index is 0.0823. The fourth-order valence-corrected chi connectivity index (χ4v) is 4.35. The van der Waals surface area contributed by atoms with Crippen LogP contribution in [0.5, 0.6) is 0 Å². The lowest BCUT2D eigenvalue weighted by Gasteiger charge is -2.39. The van der Waals surface area contributed by atoms with Gasteiger partial charge in [-0.2, -0.15) is 0 Å². The third-order valence-corrected chi connectivity index (χ3v) is 6.10. The lowest BCUT2D eigenvalue weighted by molar-refractivity contribution is -0.145. The molecule has 2 amide bonds. The maximum absolute atomic E-state index is 12.8. The second-order valence-electron chi connectivity index (χ2n) is 6.72. The van der Waals surface area contributed by atoms with Gasteiger partial charge in [-0.1, -0.05) is 30.3 Å². The summed E-state index contributed by atoms with van der Waals surface area (Å²) in [5, 5.41) is 12.6. The fraction of sp³-hybridized carbons (Fsp3) is 0.350. The topological polar surface area (TPSA) is 86.7 Å². The zero-order valence-electron chi connectivity index (χ0n) is 15.1. The van der Waals surface area contributed by atoms with Gasteiger partial charge in [-0.15, -0.1) is 11.3 Å². The number of nitrogens with zero attached hydrogens (tertiary/aromatic N) is 1. The van der Waals surface area contributed by atoms with Gasteiger partial charge in [0.2, 0.25) is 5.91 Å². The molecule has 0 atom stereocenters. The van der Waals surface area contributed by atoms with Gasteiger partial charge in [-0.3, -0.25) is 14.4 Å². The highest BCUT2D eigenvalue weighted by Crippen LogP contribution is 2.36. The van der Waals surface area contributed by atoms with E-state index < -0.39 is 11.4 Å². The van der Waals surface area contributed by atoms with E-state index in [9.17, 15) is 19.5 Å².